The quantitative estimate of drug-likeness (QED) is 0.681. The Morgan fingerprint density at radius 1 is 1.24 bits per heavy atom. The Morgan fingerprint density at radius 3 is 2.52 bits per heavy atom. The molecule has 0 bridgehead atoms. The highest BCUT2D eigenvalue weighted by Crippen LogP contribution is 2.27. The zero-order valence-electron chi connectivity index (χ0n) is 14.1. The summed E-state index contributed by atoms with van der Waals surface area (Å²) in [5.74, 6) is 0. The Kier molecular flexibility index (Phi) is 8.30. The molecular formula is C17H30BrN3. The number of nitrogens with one attached hydrogen (secondary N) is 1. The minimum Gasteiger partial charge on any atom is -0.368 e. The van der Waals surface area contributed by atoms with Gasteiger partial charge in [0.05, 0.1) is 0 Å². The lowest BCUT2D eigenvalue weighted by Crippen LogP contribution is -2.40. The van der Waals surface area contributed by atoms with E-state index in [2.05, 4.69) is 84.1 Å². The number of rotatable bonds is 9. The molecule has 1 rings (SSSR count). The molecule has 0 fully saturated rings. The maximum Gasteiger partial charge on any atom is 0.0425 e. The van der Waals surface area contributed by atoms with Crippen LogP contribution in [0.3, 0.4) is 0 Å². The molecule has 0 aliphatic carbocycles. The highest BCUT2D eigenvalue weighted by molar-refractivity contribution is 9.10. The molecule has 0 spiro atoms. The molecule has 0 radical (unpaired) electrons. The summed E-state index contributed by atoms with van der Waals surface area (Å²) in [6, 6.07) is 7.10. The average Bonchev–Trinajstić information content (AvgIpc) is 2.41. The minimum atomic E-state index is 0.490. The van der Waals surface area contributed by atoms with Crippen molar-refractivity contribution in [3.8, 4) is 0 Å². The minimum absolute atomic E-state index is 0.490. The lowest BCUT2D eigenvalue weighted by atomic mass is 10.1. The molecule has 0 aromatic heterocycles. The largest absolute Gasteiger partial charge is 0.368 e. The second-order valence-corrected chi connectivity index (χ2v) is 6.76. The Balaban J connectivity index is 2.97. The number of likely N-dealkylation sites (N-methyl/N-ethyl adjacent to an activating group) is 2. The summed E-state index contributed by atoms with van der Waals surface area (Å²) in [4.78, 5) is 4.74. The van der Waals surface area contributed by atoms with E-state index in [1.54, 1.807) is 0 Å². The lowest BCUT2D eigenvalue weighted by Gasteiger charge is -2.34. The summed E-state index contributed by atoms with van der Waals surface area (Å²) < 4.78 is 1.15. The molecule has 0 aliphatic rings. The van der Waals surface area contributed by atoms with Crippen LogP contribution < -0.4 is 10.2 Å². The summed E-state index contributed by atoms with van der Waals surface area (Å²) in [6.45, 7) is 10.8. The van der Waals surface area contributed by atoms with Gasteiger partial charge in [-0.2, -0.15) is 0 Å². The molecule has 0 heterocycles. The van der Waals surface area contributed by atoms with Gasteiger partial charge in [-0.3, -0.25) is 0 Å². The normalized spacial score (nSPS) is 12.7. The van der Waals surface area contributed by atoms with Crippen LogP contribution in [0.2, 0.25) is 0 Å². The van der Waals surface area contributed by atoms with Crippen LogP contribution in [0.25, 0.3) is 0 Å². The van der Waals surface area contributed by atoms with Crippen LogP contribution in [0.15, 0.2) is 22.7 Å². The first-order valence-electron chi connectivity index (χ1n) is 7.90. The third kappa shape index (κ3) is 5.97. The molecule has 4 heteroatoms. The van der Waals surface area contributed by atoms with Gasteiger partial charge >= 0.3 is 0 Å². The van der Waals surface area contributed by atoms with Crippen molar-refractivity contribution in [3.63, 3.8) is 0 Å². The maximum absolute atomic E-state index is 3.62. The van der Waals surface area contributed by atoms with Crippen LogP contribution in [-0.4, -0.2) is 44.7 Å². The van der Waals surface area contributed by atoms with Gasteiger partial charge in [-0.25, -0.2) is 0 Å². The second kappa shape index (κ2) is 9.44. The van der Waals surface area contributed by atoms with Gasteiger partial charge in [0.1, 0.15) is 0 Å². The molecule has 0 aliphatic heterocycles. The number of halogens is 1. The van der Waals surface area contributed by atoms with E-state index in [1.807, 2.05) is 0 Å². The Labute approximate surface area is 138 Å². The fraction of sp³-hybridized carbons (Fsp3) is 0.647. The van der Waals surface area contributed by atoms with E-state index in [4.69, 9.17) is 0 Å². The zero-order valence-corrected chi connectivity index (χ0v) is 15.7. The maximum atomic E-state index is 3.62. The second-order valence-electron chi connectivity index (χ2n) is 5.85. The van der Waals surface area contributed by atoms with Crippen LogP contribution in [0, 0.1) is 0 Å². The summed E-state index contributed by atoms with van der Waals surface area (Å²) >= 11 is 3.62. The zero-order chi connectivity index (χ0) is 15.8. The standard InChI is InChI=1S/C17H30BrN3/c1-6-10-19-12-15-8-9-16(18)11-17(15)21(7-2)14(3)13-20(4)5/h8-9,11,14,19H,6-7,10,12-13H2,1-5H3. The fourth-order valence-corrected chi connectivity index (χ4v) is 3.05. The van der Waals surface area contributed by atoms with E-state index in [9.17, 15) is 0 Å². The van der Waals surface area contributed by atoms with Gasteiger partial charge in [0.25, 0.3) is 0 Å². The Bertz CT molecular complexity index is 420. The van der Waals surface area contributed by atoms with Gasteiger partial charge in [0.15, 0.2) is 0 Å². The predicted molar refractivity (Wildman–Crippen MR) is 97.2 cm³/mol. The summed E-state index contributed by atoms with van der Waals surface area (Å²) in [5, 5.41) is 3.52. The number of hydrogen-bond acceptors (Lipinski definition) is 3. The highest BCUT2D eigenvalue weighted by atomic mass is 79.9. The molecule has 1 unspecified atom stereocenters. The molecule has 120 valence electrons. The van der Waals surface area contributed by atoms with Gasteiger partial charge in [-0.1, -0.05) is 28.9 Å². The molecule has 0 saturated heterocycles. The molecule has 1 atom stereocenters. The summed E-state index contributed by atoms with van der Waals surface area (Å²) in [6.07, 6.45) is 1.17. The van der Waals surface area contributed by atoms with Crippen LogP contribution in [-0.2, 0) is 6.54 Å². The SMILES string of the molecule is CCCNCc1ccc(Br)cc1N(CC)C(C)CN(C)C. The van der Waals surface area contributed by atoms with Crippen LogP contribution in [0.4, 0.5) is 5.69 Å². The third-order valence-corrected chi connectivity index (χ3v) is 4.09. The van der Waals surface area contributed by atoms with E-state index < -0.39 is 0 Å². The van der Waals surface area contributed by atoms with Gasteiger partial charge in [0.2, 0.25) is 0 Å². The third-order valence-electron chi connectivity index (χ3n) is 3.60. The summed E-state index contributed by atoms with van der Waals surface area (Å²) in [7, 11) is 4.27. The lowest BCUT2D eigenvalue weighted by molar-refractivity contribution is 0.372. The van der Waals surface area contributed by atoms with E-state index >= 15 is 0 Å². The van der Waals surface area contributed by atoms with E-state index in [-0.39, 0.29) is 0 Å². The van der Waals surface area contributed by atoms with Crippen molar-refractivity contribution < 1.29 is 0 Å². The molecular weight excluding hydrogens is 326 g/mol. The van der Waals surface area contributed by atoms with E-state index in [1.165, 1.54) is 17.7 Å². The monoisotopic (exact) mass is 355 g/mol. The van der Waals surface area contributed by atoms with Crippen molar-refractivity contribution in [2.45, 2.75) is 39.8 Å². The van der Waals surface area contributed by atoms with Gasteiger partial charge < -0.3 is 15.1 Å². The number of benzene rings is 1. The first kappa shape index (κ1) is 18.5. The van der Waals surface area contributed by atoms with E-state index in [0.29, 0.717) is 6.04 Å². The smallest absolute Gasteiger partial charge is 0.0425 e. The molecule has 1 aromatic carbocycles. The Hall–Kier alpha value is -0.580. The van der Waals surface area contributed by atoms with Crippen molar-refractivity contribution in [2.24, 2.45) is 0 Å². The van der Waals surface area contributed by atoms with E-state index in [0.717, 1.165) is 30.7 Å². The number of hydrogen-bond donors (Lipinski definition) is 1. The first-order chi connectivity index (χ1) is 9.99. The van der Waals surface area contributed by atoms with Crippen LogP contribution in [0.5, 0.6) is 0 Å². The van der Waals surface area contributed by atoms with Crippen molar-refractivity contribution in [2.75, 3.05) is 38.6 Å². The van der Waals surface area contributed by atoms with Crippen LogP contribution >= 0.6 is 15.9 Å². The molecule has 3 nitrogen and oxygen atoms in total. The average molecular weight is 356 g/mol. The van der Waals surface area contributed by atoms with Crippen molar-refractivity contribution >= 4 is 21.6 Å². The first-order valence-corrected chi connectivity index (χ1v) is 8.69. The Morgan fingerprint density at radius 2 is 1.95 bits per heavy atom. The van der Waals surface area contributed by atoms with Crippen molar-refractivity contribution in [1.82, 2.24) is 10.2 Å². The topological polar surface area (TPSA) is 18.5 Å². The van der Waals surface area contributed by atoms with Crippen molar-refractivity contribution in [1.29, 1.82) is 0 Å². The summed E-state index contributed by atoms with van der Waals surface area (Å²) in [5.41, 5.74) is 2.71. The molecule has 1 aromatic rings. The molecule has 0 saturated carbocycles. The van der Waals surface area contributed by atoms with Gasteiger partial charge in [-0.15, -0.1) is 0 Å². The highest BCUT2D eigenvalue weighted by Gasteiger charge is 2.17. The number of anilines is 1. The molecule has 21 heavy (non-hydrogen) atoms. The van der Waals surface area contributed by atoms with Crippen LogP contribution in [0.1, 0.15) is 32.8 Å². The number of nitrogens with zero attached hydrogens (tertiary/aromatic N) is 2. The van der Waals surface area contributed by atoms with Gasteiger partial charge in [0, 0.05) is 35.8 Å². The molecule has 1 N–H and O–H groups in total. The molecule has 0 amide bonds. The predicted octanol–water partition coefficient (Wildman–Crippen LogP) is 3.73. The fourth-order valence-electron chi connectivity index (χ4n) is 2.70. The van der Waals surface area contributed by atoms with Crippen molar-refractivity contribution in [3.05, 3.63) is 28.2 Å². The van der Waals surface area contributed by atoms with Gasteiger partial charge in [-0.05, 0) is 58.6 Å².